The second kappa shape index (κ2) is 7.26. The predicted octanol–water partition coefficient (Wildman–Crippen LogP) is 3.03. The third-order valence-electron chi connectivity index (χ3n) is 2.49. The fourth-order valence-electron chi connectivity index (χ4n) is 1.55. The third kappa shape index (κ3) is 4.47. The fourth-order valence-corrected chi connectivity index (χ4v) is 2.27. The molecule has 2 rings (SSSR count). The lowest BCUT2D eigenvalue weighted by atomic mass is 10.3. The number of nitriles is 1. The van der Waals surface area contributed by atoms with Crippen molar-refractivity contribution in [3.05, 3.63) is 58.3 Å². The number of rotatable bonds is 6. The summed E-state index contributed by atoms with van der Waals surface area (Å²) in [5.74, 6) is 1.09. The molecule has 0 saturated carbocycles. The molecular formula is C14H11N3O3S. The average molecular weight is 301 g/mol. The Balaban J connectivity index is 1.83. The summed E-state index contributed by atoms with van der Waals surface area (Å²) < 4.78 is 5.46. The van der Waals surface area contributed by atoms with E-state index in [9.17, 15) is 10.1 Å². The number of non-ortho nitro benzene ring substituents is 1. The Morgan fingerprint density at radius 2 is 2.24 bits per heavy atom. The number of thioether (sulfide) groups is 1. The molecule has 0 atom stereocenters. The largest absolute Gasteiger partial charge is 0.492 e. The Bertz CT molecular complexity index is 685. The Kier molecular flexibility index (Phi) is 5.12. The number of pyridine rings is 1. The molecule has 0 spiro atoms. The highest BCUT2D eigenvalue weighted by Crippen LogP contribution is 2.20. The third-order valence-corrected chi connectivity index (χ3v) is 3.38. The van der Waals surface area contributed by atoms with E-state index in [4.69, 9.17) is 10.00 Å². The van der Waals surface area contributed by atoms with Crippen molar-refractivity contribution < 1.29 is 9.66 Å². The molecule has 0 fully saturated rings. The summed E-state index contributed by atoms with van der Waals surface area (Å²) in [6.45, 7) is 0.393. The van der Waals surface area contributed by atoms with Crippen LogP contribution in [0.1, 0.15) is 5.56 Å². The van der Waals surface area contributed by atoms with Gasteiger partial charge in [0.2, 0.25) is 0 Å². The maximum Gasteiger partial charge on any atom is 0.273 e. The summed E-state index contributed by atoms with van der Waals surface area (Å²) in [6.07, 6.45) is 1.59. The Labute approximate surface area is 125 Å². The van der Waals surface area contributed by atoms with Crippen LogP contribution in [0, 0.1) is 21.4 Å². The van der Waals surface area contributed by atoms with Gasteiger partial charge in [-0.05, 0) is 18.2 Å². The van der Waals surface area contributed by atoms with Gasteiger partial charge in [-0.25, -0.2) is 4.98 Å². The minimum absolute atomic E-state index is 0.00328. The molecule has 0 aliphatic carbocycles. The van der Waals surface area contributed by atoms with Gasteiger partial charge in [-0.3, -0.25) is 10.1 Å². The first-order valence-corrected chi connectivity index (χ1v) is 7.04. The maximum absolute atomic E-state index is 10.6. The van der Waals surface area contributed by atoms with E-state index in [0.717, 1.165) is 5.03 Å². The molecule has 1 heterocycles. The number of ether oxygens (including phenoxy) is 1. The first kappa shape index (κ1) is 14.8. The van der Waals surface area contributed by atoms with E-state index >= 15 is 0 Å². The zero-order valence-electron chi connectivity index (χ0n) is 10.9. The molecule has 0 N–H and O–H groups in total. The summed E-state index contributed by atoms with van der Waals surface area (Å²) in [7, 11) is 0. The summed E-state index contributed by atoms with van der Waals surface area (Å²) in [5, 5.41) is 20.2. The van der Waals surface area contributed by atoms with Crippen molar-refractivity contribution in [3.8, 4) is 11.8 Å². The van der Waals surface area contributed by atoms with E-state index in [-0.39, 0.29) is 5.69 Å². The minimum Gasteiger partial charge on any atom is -0.492 e. The number of benzene rings is 1. The molecule has 0 unspecified atom stereocenters. The van der Waals surface area contributed by atoms with Crippen LogP contribution in [0.4, 0.5) is 5.69 Å². The zero-order valence-corrected chi connectivity index (χ0v) is 11.7. The highest BCUT2D eigenvalue weighted by molar-refractivity contribution is 7.99. The summed E-state index contributed by atoms with van der Waals surface area (Å²) in [4.78, 5) is 14.3. The van der Waals surface area contributed by atoms with Crippen LogP contribution in [-0.4, -0.2) is 22.3 Å². The number of nitrogens with zero attached hydrogens (tertiary/aromatic N) is 3. The van der Waals surface area contributed by atoms with Crippen LogP contribution in [0.3, 0.4) is 0 Å². The highest BCUT2D eigenvalue weighted by Gasteiger charge is 2.06. The van der Waals surface area contributed by atoms with Crippen LogP contribution in [0.2, 0.25) is 0 Å². The molecule has 0 radical (unpaired) electrons. The van der Waals surface area contributed by atoms with Crippen LogP contribution in [0.5, 0.6) is 5.75 Å². The number of nitro groups is 1. The van der Waals surface area contributed by atoms with Gasteiger partial charge in [0, 0.05) is 18.0 Å². The Morgan fingerprint density at radius 1 is 1.38 bits per heavy atom. The summed E-state index contributed by atoms with van der Waals surface area (Å²) >= 11 is 1.46. The lowest BCUT2D eigenvalue weighted by Gasteiger charge is -2.05. The van der Waals surface area contributed by atoms with Gasteiger partial charge in [0.05, 0.1) is 34.3 Å². The molecule has 0 amide bonds. The van der Waals surface area contributed by atoms with Gasteiger partial charge in [0.25, 0.3) is 5.69 Å². The number of aromatic nitrogens is 1. The molecule has 21 heavy (non-hydrogen) atoms. The van der Waals surface area contributed by atoms with Gasteiger partial charge in [-0.15, -0.1) is 11.8 Å². The van der Waals surface area contributed by atoms with Crippen molar-refractivity contribution in [1.29, 1.82) is 5.26 Å². The number of hydrogen-bond acceptors (Lipinski definition) is 6. The van der Waals surface area contributed by atoms with E-state index < -0.39 is 4.92 Å². The van der Waals surface area contributed by atoms with Gasteiger partial charge in [0.15, 0.2) is 0 Å². The smallest absolute Gasteiger partial charge is 0.273 e. The molecular weight excluding hydrogens is 290 g/mol. The summed E-state index contributed by atoms with van der Waals surface area (Å²) in [6, 6.07) is 11.5. The molecule has 0 saturated heterocycles. The van der Waals surface area contributed by atoms with Crippen molar-refractivity contribution in [2.24, 2.45) is 0 Å². The highest BCUT2D eigenvalue weighted by atomic mass is 32.2. The van der Waals surface area contributed by atoms with Crippen molar-refractivity contribution >= 4 is 17.4 Å². The van der Waals surface area contributed by atoms with E-state index in [0.29, 0.717) is 23.7 Å². The quantitative estimate of drug-likeness (QED) is 0.352. The van der Waals surface area contributed by atoms with Crippen LogP contribution < -0.4 is 4.74 Å². The van der Waals surface area contributed by atoms with Crippen LogP contribution in [0.15, 0.2) is 47.6 Å². The minimum atomic E-state index is -0.459. The second-order valence-corrected chi connectivity index (χ2v) is 5.06. The SMILES string of the molecule is N#Cc1ccnc(SCCOc2cccc([N+](=O)[O-])c2)c1. The monoisotopic (exact) mass is 301 g/mol. The van der Waals surface area contributed by atoms with Crippen LogP contribution >= 0.6 is 11.8 Å². The zero-order chi connectivity index (χ0) is 15.1. The number of hydrogen-bond donors (Lipinski definition) is 0. The second-order valence-electron chi connectivity index (χ2n) is 3.95. The van der Waals surface area contributed by atoms with Crippen molar-refractivity contribution in [2.75, 3.05) is 12.4 Å². The van der Waals surface area contributed by atoms with Gasteiger partial charge in [0.1, 0.15) is 5.75 Å². The van der Waals surface area contributed by atoms with Gasteiger partial charge in [-0.2, -0.15) is 5.26 Å². The van der Waals surface area contributed by atoms with Crippen LogP contribution in [-0.2, 0) is 0 Å². The molecule has 1 aromatic heterocycles. The molecule has 2 aromatic rings. The topological polar surface area (TPSA) is 89.0 Å². The van der Waals surface area contributed by atoms with Gasteiger partial charge < -0.3 is 4.74 Å². The lowest BCUT2D eigenvalue weighted by molar-refractivity contribution is -0.384. The van der Waals surface area contributed by atoms with Crippen molar-refractivity contribution in [3.63, 3.8) is 0 Å². The van der Waals surface area contributed by atoms with Gasteiger partial charge in [-0.1, -0.05) is 6.07 Å². The molecule has 0 bridgehead atoms. The molecule has 1 aromatic carbocycles. The normalized spacial score (nSPS) is 9.86. The molecule has 0 aliphatic heterocycles. The van der Waals surface area contributed by atoms with E-state index in [1.165, 1.54) is 23.9 Å². The molecule has 7 heteroatoms. The van der Waals surface area contributed by atoms with Crippen LogP contribution in [0.25, 0.3) is 0 Å². The van der Waals surface area contributed by atoms with E-state index in [1.807, 2.05) is 0 Å². The fraction of sp³-hybridized carbons (Fsp3) is 0.143. The lowest BCUT2D eigenvalue weighted by Crippen LogP contribution is -2.01. The first-order valence-electron chi connectivity index (χ1n) is 6.05. The average Bonchev–Trinajstić information content (AvgIpc) is 2.52. The van der Waals surface area contributed by atoms with Gasteiger partial charge >= 0.3 is 0 Å². The standard InChI is InChI=1S/C14H11N3O3S/c15-10-11-4-5-16-14(8-11)21-7-6-20-13-3-1-2-12(9-13)17(18)19/h1-5,8-9H,6-7H2. The Morgan fingerprint density at radius 3 is 3.00 bits per heavy atom. The van der Waals surface area contributed by atoms with Crippen molar-refractivity contribution in [2.45, 2.75) is 5.03 Å². The predicted molar refractivity (Wildman–Crippen MR) is 78.3 cm³/mol. The van der Waals surface area contributed by atoms with E-state index in [1.54, 1.807) is 30.5 Å². The molecule has 106 valence electrons. The maximum atomic E-state index is 10.6. The molecule has 6 nitrogen and oxygen atoms in total. The number of nitro benzene ring substituents is 1. The summed E-state index contributed by atoms with van der Waals surface area (Å²) in [5.41, 5.74) is 0.565. The van der Waals surface area contributed by atoms with E-state index in [2.05, 4.69) is 11.1 Å². The molecule has 0 aliphatic rings. The first-order chi connectivity index (χ1) is 10.2. The Hall–Kier alpha value is -2.59. The van der Waals surface area contributed by atoms with Crippen molar-refractivity contribution in [1.82, 2.24) is 4.98 Å².